The number of ether oxygens (including phenoxy) is 1. The molecular weight excluding hydrogens is 345 g/mol. The highest BCUT2D eigenvalue weighted by molar-refractivity contribution is 6.58. The van der Waals surface area contributed by atoms with Gasteiger partial charge in [-0.05, 0) is 19.8 Å². The molecule has 0 heterocycles. The molecule has 6 heteroatoms. The Morgan fingerprint density at radius 3 is 1.48 bits per heavy atom. The minimum Gasteiger partial charge on any atom is -0.462 e. The molecule has 2 nitrogen and oxygen atoms in total. The van der Waals surface area contributed by atoms with E-state index < -0.39 is 15.1 Å². The molecule has 25 heavy (non-hydrogen) atoms. The lowest BCUT2D eigenvalue weighted by atomic mass is 10.0. The van der Waals surface area contributed by atoms with Crippen molar-refractivity contribution in [1.29, 1.82) is 0 Å². The fourth-order valence-corrected chi connectivity index (χ4v) is 3.31. The Morgan fingerprint density at radius 2 is 1.12 bits per heavy atom. The van der Waals surface area contributed by atoms with Gasteiger partial charge in [-0.25, -0.2) is 17.1 Å². The molecule has 0 amide bonds. The predicted octanol–water partition coefficient (Wildman–Crippen LogP) is 7.02. The molecule has 0 atom stereocenters. The largest absolute Gasteiger partial charge is 0.616 e. The van der Waals surface area contributed by atoms with Crippen molar-refractivity contribution in [1.82, 2.24) is 0 Å². The first-order valence-electron chi connectivity index (χ1n) is 9.72. The molecule has 0 aliphatic rings. The number of hydrogen-bond acceptors (Lipinski definition) is 2. The standard InChI is InChI=1S/C19H35F3O2Si/c1-18(2)19(23)24-16-14-12-10-8-6-4-3-5-7-9-11-13-15-17-25(20,21)22/h1,3-17H2,2H3. The van der Waals surface area contributed by atoms with Gasteiger partial charge in [-0.1, -0.05) is 77.2 Å². The van der Waals surface area contributed by atoms with Crippen LogP contribution in [0.1, 0.15) is 90.4 Å². The first kappa shape index (κ1) is 24.2. The van der Waals surface area contributed by atoms with Gasteiger partial charge in [0, 0.05) is 11.6 Å². The average molecular weight is 381 g/mol. The van der Waals surface area contributed by atoms with Gasteiger partial charge in [0.1, 0.15) is 0 Å². The molecule has 0 aromatic heterocycles. The summed E-state index contributed by atoms with van der Waals surface area (Å²) in [5, 5.41) is 0. The topological polar surface area (TPSA) is 26.3 Å². The Bertz CT molecular complexity index is 357. The van der Waals surface area contributed by atoms with Crippen LogP contribution in [0.4, 0.5) is 12.3 Å². The second kappa shape index (κ2) is 15.5. The fourth-order valence-electron chi connectivity index (χ4n) is 2.66. The lowest BCUT2D eigenvalue weighted by molar-refractivity contribution is -0.139. The van der Waals surface area contributed by atoms with Crippen LogP contribution in [0, 0.1) is 0 Å². The van der Waals surface area contributed by atoms with Crippen molar-refractivity contribution in [2.45, 2.75) is 96.4 Å². The highest BCUT2D eigenvalue weighted by atomic mass is 28.5. The van der Waals surface area contributed by atoms with Crippen molar-refractivity contribution in [3.05, 3.63) is 12.2 Å². The number of carbonyl (C=O) groups is 1. The number of hydrogen-bond donors (Lipinski definition) is 0. The van der Waals surface area contributed by atoms with Crippen LogP contribution in [-0.2, 0) is 9.53 Å². The van der Waals surface area contributed by atoms with Crippen molar-refractivity contribution in [2.24, 2.45) is 0 Å². The van der Waals surface area contributed by atoms with Crippen LogP contribution in [-0.4, -0.2) is 21.7 Å². The molecule has 0 aromatic carbocycles. The summed E-state index contributed by atoms with van der Waals surface area (Å²) < 4.78 is 41.3. The summed E-state index contributed by atoms with van der Waals surface area (Å²) in [6.45, 7) is 5.67. The van der Waals surface area contributed by atoms with Gasteiger partial charge in [0.05, 0.1) is 6.61 Å². The third-order valence-electron chi connectivity index (χ3n) is 4.19. The van der Waals surface area contributed by atoms with Crippen molar-refractivity contribution in [2.75, 3.05) is 6.61 Å². The fraction of sp³-hybridized carbons (Fsp3) is 0.842. The molecule has 0 bridgehead atoms. The van der Waals surface area contributed by atoms with Crippen LogP contribution in [0.2, 0.25) is 6.04 Å². The summed E-state index contributed by atoms with van der Waals surface area (Å²) in [5.41, 5.74) is 0.447. The maximum absolute atomic E-state index is 12.1. The first-order chi connectivity index (χ1) is 11.8. The van der Waals surface area contributed by atoms with E-state index in [1.165, 1.54) is 38.5 Å². The van der Waals surface area contributed by atoms with Gasteiger partial charge < -0.3 is 4.74 Å². The van der Waals surface area contributed by atoms with Crippen LogP contribution in [0.25, 0.3) is 0 Å². The maximum Gasteiger partial charge on any atom is 0.616 e. The van der Waals surface area contributed by atoms with Gasteiger partial charge >= 0.3 is 15.0 Å². The minimum atomic E-state index is -5.30. The summed E-state index contributed by atoms with van der Waals surface area (Å²) in [7, 11) is -5.30. The van der Waals surface area contributed by atoms with E-state index in [1.807, 2.05) is 0 Å². The summed E-state index contributed by atoms with van der Waals surface area (Å²) in [5.74, 6) is -0.304. The van der Waals surface area contributed by atoms with E-state index in [-0.39, 0.29) is 5.97 Å². The third kappa shape index (κ3) is 19.4. The van der Waals surface area contributed by atoms with E-state index in [0.717, 1.165) is 38.5 Å². The van der Waals surface area contributed by atoms with E-state index in [9.17, 15) is 17.1 Å². The minimum absolute atomic E-state index is 0.304. The molecule has 0 fully saturated rings. The third-order valence-corrected chi connectivity index (χ3v) is 5.11. The van der Waals surface area contributed by atoms with E-state index in [4.69, 9.17) is 4.74 Å². The molecule has 148 valence electrons. The number of carbonyl (C=O) groups excluding carboxylic acids is 1. The number of rotatable bonds is 17. The Morgan fingerprint density at radius 1 is 0.760 bits per heavy atom. The van der Waals surface area contributed by atoms with Crippen molar-refractivity contribution >= 4 is 15.0 Å². The van der Waals surface area contributed by atoms with E-state index in [0.29, 0.717) is 18.6 Å². The van der Waals surface area contributed by atoms with E-state index in [2.05, 4.69) is 6.58 Å². The summed E-state index contributed by atoms with van der Waals surface area (Å²) >= 11 is 0. The smallest absolute Gasteiger partial charge is 0.462 e. The highest BCUT2D eigenvalue weighted by Crippen LogP contribution is 2.20. The molecule has 0 aliphatic heterocycles. The Balaban J connectivity index is 3.12. The van der Waals surface area contributed by atoms with Gasteiger partial charge in [-0.3, -0.25) is 0 Å². The van der Waals surface area contributed by atoms with Gasteiger partial charge in [0.15, 0.2) is 0 Å². The number of halogens is 3. The zero-order valence-corrected chi connectivity index (χ0v) is 16.8. The second-order valence-electron chi connectivity index (χ2n) is 6.88. The van der Waals surface area contributed by atoms with Crippen LogP contribution in [0.15, 0.2) is 12.2 Å². The zero-order chi connectivity index (χ0) is 19.0. The summed E-state index contributed by atoms with van der Waals surface area (Å²) in [6.07, 6.45) is 13.5. The number of unbranched alkanes of at least 4 members (excludes halogenated alkanes) is 12. The van der Waals surface area contributed by atoms with Crippen molar-refractivity contribution < 1.29 is 21.9 Å². The zero-order valence-electron chi connectivity index (χ0n) is 15.8. The number of esters is 1. The quantitative estimate of drug-likeness (QED) is 0.0890. The van der Waals surface area contributed by atoms with Crippen LogP contribution in [0.3, 0.4) is 0 Å². The van der Waals surface area contributed by atoms with E-state index >= 15 is 0 Å². The lowest BCUT2D eigenvalue weighted by Gasteiger charge is -2.05. The maximum atomic E-state index is 12.1. The van der Waals surface area contributed by atoms with Crippen molar-refractivity contribution in [3.8, 4) is 0 Å². The van der Waals surface area contributed by atoms with Crippen LogP contribution < -0.4 is 0 Å². The lowest BCUT2D eigenvalue weighted by Crippen LogP contribution is -2.13. The predicted molar refractivity (Wildman–Crippen MR) is 99.7 cm³/mol. The van der Waals surface area contributed by atoms with Gasteiger partial charge in [0.2, 0.25) is 0 Å². The monoisotopic (exact) mass is 380 g/mol. The van der Waals surface area contributed by atoms with Crippen molar-refractivity contribution in [3.63, 3.8) is 0 Å². The molecule has 0 N–H and O–H groups in total. The average Bonchev–Trinajstić information content (AvgIpc) is 2.53. The normalized spacial score (nSPS) is 11.5. The molecular formula is C19H35F3O2Si. The summed E-state index contributed by atoms with van der Waals surface area (Å²) in [4.78, 5) is 11.2. The molecule has 0 rings (SSSR count). The van der Waals surface area contributed by atoms with E-state index in [1.54, 1.807) is 6.92 Å². The molecule has 0 saturated heterocycles. The van der Waals surface area contributed by atoms with Crippen LogP contribution >= 0.6 is 0 Å². The Kier molecular flexibility index (Phi) is 15.0. The first-order valence-corrected chi connectivity index (χ1v) is 11.6. The SMILES string of the molecule is C=C(C)C(=O)OCCCCCCCCCCCCCCC[Si](F)(F)F. The van der Waals surface area contributed by atoms with Gasteiger partial charge in [0.25, 0.3) is 0 Å². The molecule has 0 aliphatic carbocycles. The molecule has 0 unspecified atom stereocenters. The molecule has 0 radical (unpaired) electrons. The molecule has 0 saturated carbocycles. The summed E-state index contributed by atoms with van der Waals surface area (Å²) in [6, 6.07) is -0.497. The van der Waals surface area contributed by atoms with Gasteiger partial charge in [-0.15, -0.1) is 0 Å². The second-order valence-corrected chi connectivity index (χ2v) is 8.61. The highest BCUT2D eigenvalue weighted by Gasteiger charge is 2.35. The molecule has 0 spiro atoms. The Labute approximate surface area is 152 Å². The van der Waals surface area contributed by atoms with Crippen LogP contribution in [0.5, 0.6) is 0 Å². The Hall–Kier alpha value is -0.783. The van der Waals surface area contributed by atoms with Gasteiger partial charge in [-0.2, -0.15) is 0 Å². The molecule has 0 aromatic rings.